The molecule has 0 heterocycles. The third kappa shape index (κ3) is 3.50. The van der Waals surface area contributed by atoms with Crippen molar-refractivity contribution >= 4 is 34.2 Å². The van der Waals surface area contributed by atoms with Gasteiger partial charge in [0.2, 0.25) is 5.91 Å². The standard InChI is InChI=1S/C14H10F2INO/c15-10-5-3-4-9(14(10)16)8-13(19)18-12-7-2-1-6-11(12)17/h1-7H,8H2,(H,18,19). The van der Waals surface area contributed by atoms with Gasteiger partial charge in [-0.3, -0.25) is 4.79 Å². The summed E-state index contributed by atoms with van der Waals surface area (Å²) in [7, 11) is 0. The van der Waals surface area contributed by atoms with Crippen molar-refractivity contribution in [2.75, 3.05) is 5.32 Å². The summed E-state index contributed by atoms with van der Waals surface area (Å²) in [4.78, 5) is 11.8. The lowest BCUT2D eigenvalue weighted by molar-refractivity contribution is -0.115. The van der Waals surface area contributed by atoms with Crippen LogP contribution in [-0.2, 0) is 11.2 Å². The molecule has 1 N–H and O–H groups in total. The fraction of sp³-hybridized carbons (Fsp3) is 0.0714. The molecule has 2 rings (SSSR count). The molecule has 98 valence electrons. The van der Waals surface area contributed by atoms with Gasteiger partial charge in [0.15, 0.2) is 11.6 Å². The van der Waals surface area contributed by atoms with Crippen molar-refractivity contribution in [2.24, 2.45) is 0 Å². The summed E-state index contributed by atoms with van der Waals surface area (Å²) < 4.78 is 27.3. The van der Waals surface area contributed by atoms with E-state index in [0.29, 0.717) is 5.69 Å². The van der Waals surface area contributed by atoms with Crippen LogP contribution in [-0.4, -0.2) is 5.91 Å². The zero-order valence-electron chi connectivity index (χ0n) is 9.79. The zero-order valence-corrected chi connectivity index (χ0v) is 11.9. The van der Waals surface area contributed by atoms with Crippen LogP contribution >= 0.6 is 22.6 Å². The lowest BCUT2D eigenvalue weighted by Gasteiger charge is -2.08. The van der Waals surface area contributed by atoms with E-state index in [0.717, 1.165) is 9.64 Å². The first-order valence-electron chi connectivity index (χ1n) is 5.55. The third-order valence-corrected chi connectivity index (χ3v) is 3.47. The van der Waals surface area contributed by atoms with Crippen molar-refractivity contribution in [3.05, 3.63) is 63.2 Å². The van der Waals surface area contributed by atoms with E-state index in [2.05, 4.69) is 27.9 Å². The maximum atomic E-state index is 13.4. The maximum absolute atomic E-state index is 13.4. The molecule has 0 saturated carbocycles. The highest BCUT2D eigenvalue weighted by Crippen LogP contribution is 2.18. The van der Waals surface area contributed by atoms with E-state index in [1.54, 1.807) is 12.1 Å². The van der Waals surface area contributed by atoms with E-state index in [1.165, 1.54) is 12.1 Å². The topological polar surface area (TPSA) is 29.1 Å². The van der Waals surface area contributed by atoms with Gasteiger partial charge in [0.05, 0.1) is 12.1 Å². The van der Waals surface area contributed by atoms with Crippen LogP contribution in [0.1, 0.15) is 5.56 Å². The predicted octanol–water partition coefficient (Wildman–Crippen LogP) is 3.75. The number of carbonyl (C=O) groups is 1. The lowest BCUT2D eigenvalue weighted by atomic mass is 10.1. The minimum absolute atomic E-state index is 0.0449. The molecule has 2 nitrogen and oxygen atoms in total. The van der Waals surface area contributed by atoms with Crippen LogP contribution in [0.4, 0.5) is 14.5 Å². The highest BCUT2D eigenvalue weighted by atomic mass is 127. The summed E-state index contributed by atoms with van der Waals surface area (Å²) in [6.45, 7) is 0. The number of nitrogens with one attached hydrogen (secondary N) is 1. The predicted molar refractivity (Wildman–Crippen MR) is 77.9 cm³/mol. The summed E-state index contributed by atoms with van der Waals surface area (Å²) in [6, 6.07) is 11.0. The number of rotatable bonds is 3. The molecule has 0 aliphatic rings. The molecular weight excluding hydrogens is 363 g/mol. The van der Waals surface area contributed by atoms with E-state index in [9.17, 15) is 13.6 Å². The Morgan fingerprint density at radius 3 is 2.58 bits per heavy atom. The third-order valence-electron chi connectivity index (χ3n) is 2.53. The average Bonchev–Trinajstić information content (AvgIpc) is 2.38. The Labute approximate surface area is 123 Å². The molecule has 0 aromatic heterocycles. The molecule has 0 spiro atoms. The molecule has 1 amide bonds. The number of halogens is 3. The Morgan fingerprint density at radius 2 is 1.84 bits per heavy atom. The van der Waals surface area contributed by atoms with Crippen LogP contribution in [0, 0.1) is 15.2 Å². The molecule has 5 heteroatoms. The molecule has 0 unspecified atom stereocenters. The molecule has 19 heavy (non-hydrogen) atoms. The molecule has 2 aromatic rings. The summed E-state index contributed by atoms with van der Waals surface area (Å²) in [5, 5.41) is 2.67. The van der Waals surface area contributed by atoms with Gasteiger partial charge < -0.3 is 5.32 Å². The smallest absolute Gasteiger partial charge is 0.228 e. The SMILES string of the molecule is O=C(Cc1cccc(F)c1F)Nc1ccccc1I. The van der Waals surface area contributed by atoms with Gasteiger partial charge in [-0.05, 0) is 40.8 Å². The fourth-order valence-corrected chi connectivity index (χ4v) is 2.14. The van der Waals surface area contributed by atoms with Gasteiger partial charge in [-0.25, -0.2) is 8.78 Å². The van der Waals surface area contributed by atoms with Crippen LogP contribution < -0.4 is 5.32 Å². The highest BCUT2D eigenvalue weighted by Gasteiger charge is 2.12. The number of amides is 1. The monoisotopic (exact) mass is 373 g/mol. The van der Waals surface area contributed by atoms with E-state index >= 15 is 0 Å². The summed E-state index contributed by atoms with van der Waals surface area (Å²) in [6.07, 6.45) is -0.200. The van der Waals surface area contributed by atoms with Crippen LogP contribution in [0.3, 0.4) is 0 Å². The first-order chi connectivity index (χ1) is 9.08. The van der Waals surface area contributed by atoms with E-state index < -0.39 is 11.6 Å². The first kappa shape index (κ1) is 13.9. The second-order valence-electron chi connectivity index (χ2n) is 3.92. The molecule has 2 aromatic carbocycles. The van der Waals surface area contributed by atoms with E-state index in [-0.39, 0.29) is 17.9 Å². The highest BCUT2D eigenvalue weighted by molar-refractivity contribution is 14.1. The zero-order chi connectivity index (χ0) is 13.8. The average molecular weight is 373 g/mol. The number of anilines is 1. The molecule has 0 radical (unpaired) electrons. The minimum atomic E-state index is -0.972. The van der Waals surface area contributed by atoms with Crippen LogP contribution in [0.5, 0.6) is 0 Å². The molecule has 0 aliphatic heterocycles. The number of hydrogen-bond acceptors (Lipinski definition) is 1. The Kier molecular flexibility index (Phi) is 4.47. The van der Waals surface area contributed by atoms with Crippen molar-refractivity contribution in [1.29, 1.82) is 0 Å². The number of benzene rings is 2. The second kappa shape index (κ2) is 6.10. The minimum Gasteiger partial charge on any atom is -0.325 e. The van der Waals surface area contributed by atoms with E-state index in [4.69, 9.17) is 0 Å². The number of para-hydroxylation sites is 1. The Morgan fingerprint density at radius 1 is 1.11 bits per heavy atom. The van der Waals surface area contributed by atoms with Gasteiger partial charge in [0.25, 0.3) is 0 Å². The van der Waals surface area contributed by atoms with Crippen molar-refractivity contribution in [3.63, 3.8) is 0 Å². The molecule has 0 aliphatic carbocycles. The maximum Gasteiger partial charge on any atom is 0.228 e. The van der Waals surface area contributed by atoms with Crippen molar-refractivity contribution in [1.82, 2.24) is 0 Å². The van der Waals surface area contributed by atoms with E-state index in [1.807, 2.05) is 12.1 Å². The Hall–Kier alpha value is -1.50. The van der Waals surface area contributed by atoms with Crippen molar-refractivity contribution in [3.8, 4) is 0 Å². The fourth-order valence-electron chi connectivity index (χ4n) is 1.61. The Balaban J connectivity index is 2.10. The molecule has 0 bridgehead atoms. The van der Waals surface area contributed by atoms with Gasteiger partial charge in [0.1, 0.15) is 0 Å². The molecule has 0 saturated heterocycles. The van der Waals surface area contributed by atoms with Crippen LogP contribution in [0.25, 0.3) is 0 Å². The Bertz CT molecular complexity index is 616. The van der Waals surface area contributed by atoms with Gasteiger partial charge in [-0.2, -0.15) is 0 Å². The molecular formula is C14H10F2INO. The van der Waals surface area contributed by atoms with Crippen molar-refractivity contribution < 1.29 is 13.6 Å². The lowest BCUT2D eigenvalue weighted by Crippen LogP contribution is -2.16. The number of hydrogen-bond donors (Lipinski definition) is 1. The molecule has 0 atom stereocenters. The van der Waals surface area contributed by atoms with Crippen LogP contribution in [0.15, 0.2) is 42.5 Å². The van der Waals surface area contributed by atoms with Gasteiger partial charge >= 0.3 is 0 Å². The summed E-state index contributed by atoms with van der Waals surface area (Å²) >= 11 is 2.09. The van der Waals surface area contributed by atoms with Crippen molar-refractivity contribution in [2.45, 2.75) is 6.42 Å². The first-order valence-corrected chi connectivity index (χ1v) is 6.63. The van der Waals surface area contributed by atoms with Gasteiger partial charge in [-0.1, -0.05) is 24.3 Å². The number of carbonyl (C=O) groups excluding carboxylic acids is 1. The molecule has 0 fully saturated rings. The largest absolute Gasteiger partial charge is 0.325 e. The quantitative estimate of drug-likeness (QED) is 0.816. The second-order valence-corrected chi connectivity index (χ2v) is 5.08. The normalized spacial score (nSPS) is 10.3. The van der Waals surface area contributed by atoms with Gasteiger partial charge in [-0.15, -0.1) is 0 Å². The van der Waals surface area contributed by atoms with Gasteiger partial charge in [0, 0.05) is 9.13 Å². The summed E-state index contributed by atoms with van der Waals surface area (Å²) in [5.41, 5.74) is 0.702. The summed E-state index contributed by atoms with van der Waals surface area (Å²) in [5.74, 6) is -2.30. The van der Waals surface area contributed by atoms with Crippen LogP contribution in [0.2, 0.25) is 0 Å².